The molecule has 0 aliphatic carbocycles. The molecule has 6 heteroatoms. The first-order valence-electron chi connectivity index (χ1n) is 5.97. The van der Waals surface area contributed by atoms with Crippen molar-refractivity contribution >= 4 is 34.2 Å². The second kappa shape index (κ2) is 5.02. The van der Waals surface area contributed by atoms with E-state index in [0.29, 0.717) is 16.9 Å². The highest BCUT2D eigenvalue weighted by Gasteiger charge is 2.15. The van der Waals surface area contributed by atoms with Gasteiger partial charge in [-0.15, -0.1) is 0 Å². The number of anilines is 2. The fourth-order valence-corrected chi connectivity index (χ4v) is 2.15. The Bertz CT molecular complexity index is 740. The largest absolute Gasteiger partial charge is 0.497 e. The van der Waals surface area contributed by atoms with Crippen LogP contribution in [0.2, 0.25) is 5.28 Å². The average molecular weight is 290 g/mol. The number of methoxy groups -OCH3 is 1. The van der Waals surface area contributed by atoms with Crippen molar-refractivity contribution in [3.8, 4) is 5.75 Å². The Balaban J connectivity index is 2.06. The topological polar surface area (TPSA) is 51.4 Å². The number of benzene rings is 1. The minimum Gasteiger partial charge on any atom is -0.497 e. The molecule has 3 aromatic rings. The van der Waals surface area contributed by atoms with E-state index in [4.69, 9.17) is 20.8 Å². The lowest BCUT2D eigenvalue weighted by Gasteiger charge is -2.18. The number of halogens is 1. The number of rotatable bonds is 3. The molecular formula is C14H12ClN3O2. The molecule has 0 aliphatic heterocycles. The van der Waals surface area contributed by atoms with Crippen molar-refractivity contribution in [2.24, 2.45) is 0 Å². The van der Waals surface area contributed by atoms with Crippen LogP contribution in [0.5, 0.6) is 5.75 Å². The van der Waals surface area contributed by atoms with E-state index in [-0.39, 0.29) is 5.28 Å². The fourth-order valence-electron chi connectivity index (χ4n) is 1.98. The second-order valence-corrected chi connectivity index (χ2v) is 4.55. The molecular weight excluding hydrogens is 278 g/mol. The van der Waals surface area contributed by atoms with Crippen LogP contribution in [0, 0.1) is 0 Å². The molecule has 0 saturated heterocycles. The Kier molecular flexibility index (Phi) is 3.20. The van der Waals surface area contributed by atoms with E-state index in [2.05, 4.69) is 9.97 Å². The van der Waals surface area contributed by atoms with Crippen molar-refractivity contribution in [1.29, 1.82) is 0 Å². The van der Waals surface area contributed by atoms with E-state index in [1.807, 2.05) is 36.2 Å². The number of furan rings is 1. The predicted molar refractivity (Wildman–Crippen MR) is 77.9 cm³/mol. The summed E-state index contributed by atoms with van der Waals surface area (Å²) in [7, 11) is 3.53. The highest BCUT2D eigenvalue weighted by molar-refractivity contribution is 6.28. The molecule has 0 radical (unpaired) electrons. The molecule has 0 unspecified atom stereocenters. The summed E-state index contributed by atoms with van der Waals surface area (Å²) in [5.41, 5.74) is 2.23. The molecule has 0 amide bonds. The average Bonchev–Trinajstić information content (AvgIpc) is 2.94. The van der Waals surface area contributed by atoms with Gasteiger partial charge in [0.1, 0.15) is 11.3 Å². The van der Waals surface area contributed by atoms with E-state index in [9.17, 15) is 0 Å². The Morgan fingerprint density at radius 2 is 1.90 bits per heavy atom. The lowest BCUT2D eigenvalue weighted by Crippen LogP contribution is -2.12. The number of fused-ring (bicyclic) bond motifs is 1. The highest BCUT2D eigenvalue weighted by atomic mass is 35.5. The molecule has 0 fully saturated rings. The summed E-state index contributed by atoms with van der Waals surface area (Å²) in [6, 6.07) is 9.39. The lowest BCUT2D eigenvalue weighted by molar-refractivity contribution is 0.415. The maximum Gasteiger partial charge on any atom is 0.225 e. The minimum absolute atomic E-state index is 0.189. The van der Waals surface area contributed by atoms with E-state index >= 15 is 0 Å². The number of hydrogen-bond acceptors (Lipinski definition) is 5. The second-order valence-electron chi connectivity index (χ2n) is 4.21. The van der Waals surface area contributed by atoms with E-state index in [0.717, 1.165) is 11.4 Å². The number of ether oxygens (including phenoxy) is 1. The summed E-state index contributed by atoms with van der Waals surface area (Å²) >= 11 is 5.95. The van der Waals surface area contributed by atoms with Crippen LogP contribution in [0.3, 0.4) is 0 Å². The predicted octanol–water partition coefficient (Wildman–Crippen LogP) is 3.65. The highest BCUT2D eigenvalue weighted by Crippen LogP contribution is 2.31. The third-order valence-electron chi connectivity index (χ3n) is 3.04. The van der Waals surface area contributed by atoms with Crippen LogP contribution >= 0.6 is 11.6 Å². The Morgan fingerprint density at radius 1 is 1.15 bits per heavy atom. The first kappa shape index (κ1) is 12.7. The van der Waals surface area contributed by atoms with Crippen LogP contribution < -0.4 is 9.64 Å². The van der Waals surface area contributed by atoms with Crippen LogP contribution in [0.1, 0.15) is 0 Å². The molecule has 0 N–H and O–H groups in total. The van der Waals surface area contributed by atoms with E-state index < -0.39 is 0 Å². The summed E-state index contributed by atoms with van der Waals surface area (Å²) in [4.78, 5) is 10.2. The summed E-state index contributed by atoms with van der Waals surface area (Å²) in [5, 5.41) is 0.189. The molecule has 102 valence electrons. The fraction of sp³-hybridized carbons (Fsp3) is 0.143. The van der Waals surface area contributed by atoms with Crippen molar-refractivity contribution in [3.05, 3.63) is 41.9 Å². The summed E-state index contributed by atoms with van der Waals surface area (Å²) in [6.45, 7) is 0. The van der Waals surface area contributed by atoms with Gasteiger partial charge in [-0.1, -0.05) is 0 Å². The molecule has 1 aromatic carbocycles. The van der Waals surface area contributed by atoms with Crippen LogP contribution in [-0.2, 0) is 0 Å². The zero-order valence-electron chi connectivity index (χ0n) is 11.0. The van der Waals surface area contributed by atoms with Crippen molar-refractivity contribution in [1.82, 2.24) is 9.97 Å². The summed E-state index contributed by atoms with van der Waals surface area (Å²) in [6.07, 6.45) is 1.57. The maximum atomic E-state index is 5.95. The number of nitrogens with zero attached hydrogens (tertiary/aromatic N) is 3. The number of hydrogen-bond donors (Lipinski definition) is 0. The lowest BCUT2D eigenvalue weighted by atomic mass is 10.2. The van der Waals surface area contributed by atoms with Gasteiger partial charge in [0.15, 0.2) is 11.4 Å². The van der Waals surface area contributed by atoms with Gasteiger partial charge < -0.3 is 14.1 Å². The standard InChI is InChI=1S/C14H12ClN3O2/c1-18(9-3-5-10(19-2)6-4-9)13-12-11(7-8-20-12)16-14(15)17-13/h3-8H,1-2H3. The van der Waals surface area contributed by atoms with Crippen molar-refractivity contribution in [2.45, 2.75) is 0 Å². The Labute approximate surface area is 120 Å². The minimum atomic E-state index is 0.189. The third-order valence-corrected chi connectivity index (χ3v) is 3.20. The van der Waals surface area contributed by atoms with Gasteiger partial charge in [0.2, 0.25) is 5.28 Å². The van der Waals surface area contributed by atoms with Crippen molar-refractivity contribution in [2.75, 3.05) is 19.1 Å². The molecule has 2 heterocycles. The molecule has 0 saturated carbocycles. The summed E-state index contributed by atoms with van der Waals surface area (Å²) in [5.74, 6) is 1.42. The first-order chi connectivity index (χ1) is 9.69. The van der Waals surface area contributed by atoms with Gasteiger partial charge in [0.25, 0.3) is 0 Å². The zero-order valence-corrected chi connectivity index (χ0v) is 11.8. The van der Waals surface area contributed by atoms with Gasteiger partial charge in [-0.05, 0) is 35.9 Å². The normalized spacial score (nSPS) is 10.8. The molecule has 0 bridgehead atoms. The monoisotopic (exact) mass is 289 g/mol. The van der Waals surface area contributed by atoms with Crippen molar-refractivity contribution < 1.29 is 9.15 Å². The van der Waals surface area contributed by atoms with E-state index in [1.165, 1.54) is 0 Å². The van der Waals surface area contributed by atoms with Crippen LogP contribution in [-0.4, -0.2) is 24.1 Å². The molecule has 20 heavy (non-hydrogen) atoms. The molecule has 0 atom stereocenters. The van der Waals surface area contributed by atoms with Gasteiger partial charge in [0, 0.05) is 18.8 Å². The number of aromatic nitrogens is 2. The Morgan fingerprint density at radius 3 is 2.60 bits per heavy atom. The van der Waals surface area contributed by atoms with Crippen LogP contribution in [0.4, 0.5) is 11.5 Å². The van der Waals surface area contributed by atoms with Crippen LogP contribution in [0.15, 0.2) is 41.0 Å². The third kappa shape index (κ3) is 2.16. The van der Waals surface area contributed by atoms with Gasteiger partial charge in [-0.25, -0.2) is 4.98 Å². The van der Waals surface area contributed by atoms with E-state index in [1.54, 1.807) is 19.4 Å². The van der Waals surface area contributed by atoms with Gasteiger partial charge in [-0.3, -0.25) is 0 Å². The van der Waals surface area contributed by atoms with Gasteiger partial charge >= 0.3 is 0 Å². The smallest absolute Gasteiger partial charge is 0.225 e. The zero-order chi connectivity index (χ0) is 14.1. The molecule has 2 aromatic heterocycles. The molecule has 3 rings (SSSR count). The molecule has 0 aliphatic rings. The molecule has 0 spiro atoms. The van der Waals surface area contributed by atoms with Gasteiger partial charge in [-0.2, -0.15) is 4.98 Å². The van der Waals surface area contributed by atoms with Gasteiger partial charge in [0.05, 0.1) is 13.4 Å². The quantitative estimate of drug-likeness (QED) is 0.689. The Hall–Kier alpha value is -2.27. The van der Waals surface area contributed by atoms with Crippen LogP contribution in [0.25, 0.3) is 11.1 Å². The molecule has 5 nitrogen and oxygen atoms in total. The maximum absolute atomic E-state index is 5.95. The SMILES string of the molecule is COc1ccc(N(C)c2nc(Cl)nc3ccoc23)cc1. The van der Waals surface area contributed by atoms with Crippen molar-refractivity contribution in [3.63, 3.8) is 0 Å². The first-order valence-corrected chi connectivity index (χ1v) is 6.35. The summed E-state index contributed by atoms with van der Waals surface area (Å²) < 4.78 is 10.6.